The second-order valence-electron chi connectivity index (χ2n) is 4.85. The molecule has 0 bridgehead atoms. The smallest absolute Gasteiger partial charge is 0.122 e. The molecule has 1 fully saturated rings. The Hall–Kier alpha value is -1.51. The van der Waals surface area contributed by atoms with Gasteiger partial charge in [-0.1, -0.05) is 13.3 Å². The average molecular weight is 231 g/mol. The Labute approximate surface area is 103 Å². The van der Waals surface area contributed by atoms with E-state index in [2.05, 4.69) is 24.0 Å². The predicted octanol–water partition coefficient (Wildman–Crippen LogP) is 2.60. The molecule has 1 heterocycles. The summed E-state index contributed by atoms with van der Waals surface area (Å²) in [6.45, 7) is 4.58. The molecule has 1 saturated heterocycles. The van der Waals surface area contributed by atoms with Gasteiger partial charge in [0.15, 0.2) is 0 Å². The van der Waals surface area contributed by atoms with Crippen molar-refractivity contribution in [1.82, 2.24) is 0 Å². The lowest BCUT2D eigenvalue weighted by molar-refractivity contribution is 0.530. The Morgan fingerprint density at radius 2 is 2.12 bits per heavy atom. The molecule has 3 nitrogen and oxygen atoms in total. The number of nitrogens with zero attached hydrogens (tertiary/aromatic N) is 1. The fourth-order valence-corrected chi connectivity index (χ4v) is 2.56. The quantitative estimate of drug-likeness (QED) is 0.618. The summed E-state index contributed by atoms with van der Waals surface area (Å²) in [6.07, 6.45) is 3.92. The van der Waals surface area contributed by atoms with E-state index in [4.69, 9.17) is 11.1 Å². The van der Waals surface area contributed by atoms with Crippen molar-refractivity contribution in [3.05, 3.63) is 29.8 Å². The molecule has 1 unspecified atom stereocenters. The van der Waals surface area contributed by atoms with Crippen molar-refractivity contribution in [3.8, 4) is 0 Å². The Morgan fingerprint density at radius 1 is 1.41 bits per heavy atom. The van der Waals surface area contributed by atoms with Crippen molar-refractivity contribution in [2.24, 2.45) is 11.7 Å². The molecule has 0 spiro atoms. The third kappa shape index (κ3) is 2.78. The van der Waals surface area contributed by atoms with Gasteiger partial charge in [0.25, 0.3) is 0 Å². The first-order chi connectivity index (χ1) is 8.20. The van der Waals surface area contributed by atoms with Gasteiger partial charge in [0.2, 0.25) is 0 Å². The van der Waals surface area contributed by atoms with Gasteiger partial charge in [-0.25, -0.2) is 0 Å². The fourth-order valence-electron chi connectivity index (χ4n) is 2.56. The Bertz CT molecular complexity index is 383. The van der Waals surface area contributed by atoms with Gasteiger partial charge in [0, 0.05) is 24.3 Å². The summed E-state index contributed by atoms with van der Waals surface area (Å²) in [4.78, 5) is 2.43. The van der Waals surface area contributed by atoms with E-state index < -0.39 is 0 Å². The normalized spacial score (nSPS) is 19.6. The van der Waals surface area contributed by atoms with E-state index in [1.54, 1.807) is 0 Å². The van der Waals surface area contributed by atoms with Gasteiger partial charge < -0.3 is 10.6 Å². The van der Waals surface area contributed by atoms with Crippen LogP contribution in [0.15, 0.2) is 24.3 Å². The minimum Gasteiger partial charge on any atom is -0.384 e. The third-order valence-electron chi connectivity index (χ3n) is 3.53. The number of rotatable bonds is 4. The van der Waals surface area contributed by atoms with Gasteiger partial charge in [-0.05, 0) is 43.0 Å². The number of benzene rings is 1. The van der Waals surface area contributed by atoms with E-state index >= 15 is 0 Å². The molecule has 1 aliphatic rings. The van der Waals surface area contributed by atoms with Crippen molar-refractivity contribution in [1.29, 1.82) is 5.41 Å². The zero-order valence-corrected chi connectivity index (χ0v) is 10.4. The Balaban J connectivity index is 2.01. The monoisotopic (exact) mass is 231 g/mol. The molecule has 0 amide bonds. The molecule has 3 heteroatoms. The molecule has 2 rings (SSSR count). The summed E-state index contributed by atoms with van der Waals surface area (Å²) in [5, 5.41) is 7.37. The van der Waals surface area contributed by atoms with Gasteiger partial charge in [-0.3, -0.25) is 5.41 Å². The maximum Gasteiger partial charge on any atom is 0.122 e. The van der Waals surface area contributed by atoms with E-state index in [1.165, 1.54) is 31.5 Å². The lowest BCUT2D eigenvalue weighted by Crippen LogP contribution is -2.19. The number of amidine groups is 1. The number of nitrogens with two attached hydrogens (primary N) is 1. The minimum atomic E-state index is 0.141. The van der Waals surface area contributed by atoms with Gasteiger partial charge in [0.1, 0.15) is 5.84 Å². The molecule has 1 atom stereocenters. The van der Waals surface area contributed by atoms with Crippen LogP contribution in [0.25, 0.3) is 0 Å². The Kier molecular flexibility index (Phi) is 3.67. The topological polar surface area (TPSA) is 53.1 Å². The highest BCUT2D eigenvalue weighted by atomic mass is 15.1. The number of hydrogen-bond acceptors (Lipinski definition) is 2. The van der Waals surface area contributed by atoms with Crippen LogP contribution >= 0.6 is 0 Å². The first-order valence-corrected chi connectivity index (χ1v) is 6.40. The van der Waals surface area contributed by atoms with Crippen molar-refractivity contribution >= 4 is 11.5 Å². The molecule has 0 aliphatic carbocycles. The van der Waals surface area contributed by atoms with Crippen LogP contribution in [0.4, 0.5) is 5.69 Å². The molecule has 3 N–H and O–H groups in total. The highest BCUT2D eigenvalue weighted by Crippen LogP contribution is 2.26. The highest BCUT2D eigenvalue weighted by Gasteiger charge is 2.21. The molecule has 0 saturated carbocycles. The molecule has 17 heavy (non-hydrogen) atoms. The molecule has 1 aromatic rings. The van der Waals surface area contributed by atoms with Crippen molar-refractivity contribution in [2.45, 2.75) is 26.2 Å². The van der Waals surface area contributed by atoms with E-state index in [0.717, 1.165) is 18.0 Å². The lowest BCUT2D eigenvalue weighted by atomic mass is 10.0. The summed E-state index contributed by atoms with van der Waals surface area (Å²) in [5.41, 5.74) is 7.51. The molecule has 92 valence electrons. The zero-order valence-electron chi connectivity index (χ0n) is 10.4. The van der Waals surface area contributed by atoms with E-state index in [0.29, 0.717) is 0 Å². The van der Waals surface area contributed by atoms with Gasteiger partial charge in [0.05, 0.1) is 0 Å². The minimum absolute atomic E-state index is 0.141. The summed E-state index contributed by atoms with van der Waals surface area (Å²) < 4.78 is 0. The average Bonchev–Trinajstić information content (AvgIpc) is 2.78. The van der Waals surface area contributed by atoms with E-state index in [-0.39, 0.29) is 5.84 Å². The summed E-state index contributed by atoms with van der Waals surface area (Å²) >= 11 is 0. The largest absolute Gasteiger partial charge is 0.384 e. The van der Waals surface area contributed by atoms with Crippen molar-refractivity contribution in [2.75, 3.05) is 18.0 Å². The highest BCUT2D eigenvalue weighted by molar-refractivity contribution is 5.95. The second kappa shape index (κ2) is 5.21. The number of hydrogen-bond donors (Lipinski definition) is 2. The van der Waals surface area contributed by atoms with Crippen molar-refractivity contribution < 1.29 is 0 Å². The number of nitrogen functional groups attached to an aromatic ring is 1. The molecule has 0 radical (unpaired) electrons. The Morgan fingerprint density at radius 3 is 2.71 bits per heavy atom. The van der Waals surface area contributed by atoms with Crippen LogP contribution in [0.1, 0.15) is 31.7 Å². The summed E-state index contributed by atoms with van der Waals surface area (Å²) in [7, 11) is 0. The summed E-state index contributed by atoms with van der Waals surface area (Å²) in [6, 6.07) is 8.02. The van der Waals surface area contributed by atoms with Crippen LogP contribution < -0.4 is 10.6 Å². The van der Waals surface area contributed by atoms with E-state index in [9.17, 15) is 0 Å². The first-order valence-electron chi connectivity index (χ1n) is 6.40. The van der Waals surface area contributed by atoms with Crippen LogP contribution in [0.3, 0.4) is 0 Å². The lowest BCUT2D eigenvalue weighted by Gasteiger charge is -2.19. The predicted molar refractivity (Wildman–Crippen MR) is 72.7 cm³/mol. The molecular weight excluding hydrogens is 210 g/mol. The van der Waals surface area contributed by atoms with Gasteiger partial charge in [-0.2, -0.15) is 0 Å². The maximum atomic E-state index is 7.37. The van der Waals surface area contributed by atoms with Crippen LogP contribution in [0.5, 0.6) is 0 Å². The SMILES string of the molecule is CCCC1CCN(c2ccc(C(=N)N)cc2)C1. The van der Waals surface area contributed by atoms with E-state index in [1.807, 2.05) is 12.1 Å². The van der Waals surface area contributed by atoms with Gasteiger partial charge >= 0.3 is 0 Å². The molecule has 1 aromatic carbocycles. The van der Waals surface area contributed by atoms with Crippen molar-refractivity contribution in [3.63, 3.8) is 0 Å². The van der Waals surface area contributed by atoms with Crippen LogP contribution in [0, 0.1) is 11.3 Å². The molecular formula is C14H21N3. The van der Waals surface area contributed by atoms with Crippen LogP contribution in [0.2, 0.25) is 0 Å². The van der Waals surface area contributed by atoms with Crippen LogP contribution in [-0.4, -0.2) is 18.9 Å². The number of nitrogens with one attached hydrogen (secondary N) is 1. The standard InChI is InChI=1S/C14H21N3/c1-2-3-11-8-9-17(10-11)13-6-4-12(5-7-13)14(15)16/h4-7,11H,2-3,8-10H2,1H3,(H3,15,16). The molecule has 1 aliphatic heterocycles. The molecule has 0 aromatic heterocycles. The maximum absolute atomic E-state index is 7.37. The zero-order chi connectivity index (χ0) is 12.3. The van der Waals surface area contributed by atoms with Crippen LogP contribution in [-0.2, 0) is 0 Å². The van der Waals surface area contributed by atoms with Gasteiger partial charge in [-0.15, -0.1) is 0 Å². The first kappa shape index (κ1) is 12.0. The fraction of sp³-hybridized carbons (Fsp3) is 0.500. The second-order valence-corrected chi connectivity index (χ2v) is 4.85. The number of anilines is 1. The summed E-state index contributed by atoms with van der Waals surface area (Å²) in [5.74, 6) is 0.995. The third-order valence-corrected chi connectivity index (χ3v) is 3.53.